The maximum Gasteiger partial charge on any atom is 0.250 e. The summed E-state index contributed by atoms with van der Waals surface area (Å²) in [6.45, 7) is 1.04. The number of hydrogen-bond donors (Lipinski definition) is 1. The Morgan fingerprint density at radius 3 is 2.63 bits per heavy atom. The Morgan fingerprint density at radius 2 is 1.76 bits per heavy atom. The lowest BCUT2D eigenvalue weighted by Gasteiger charge is -2.10. The maximum absolute atomic E-state index is 12.5. The van der Waals surface area contributed by atoms with E-state index in [0.29, 0.717) is 18.2 Å². The zero-order valence-electron chi connectivity index (χ0n) is 20.5. The Bertz CT molecular complexity index is 1570. The summed E-state index contributed by atoms with van der Waals surface area (Å²) in [6, 6.07) is 33.2. The molecule has 1 amide bonds. The number of rotatable bonds is 10. The number of hydrazone groups is 1. The monoisotopic (exact) mass is 540 g/mol. The third-order valence-electron chi connectivity index (χ3n) is 5.75. The van der Waals surface area contributed by atoms with Gasteiger partial charge in [-0.1, -0.05) is 96.2 Å². The lowest BCUT2D eigenvalue weighted by molar-refractivity contribution is -0.118. The number of hydrogen-bond acceptors (Lipinski definition) is 5. The van der Waals surface area contributed by atoms with Crippen LogP contribution in [-0.4, -0.2) is 27.4 Å². The quantitative estimate of drug-likeness (QED) is 0.124. The molecule has 38 heavy (non-hydrogen) atoms. The van der Waals surface area contributed by atoms with Gasteiger partial charge in [0.1, 0.15) is 12.4 Å². The van der Waals surface area contributed by atoms with Crippen molar-refractivity contribution in [3.63, 3.8) is 0 Å². The van der Waals surface area contributed by atoms with Crippen LogP contribution in [0.3, 0.4) is 0 Å². The molecule has 0 aliphatic heterocycles. The molecule has 0 radical (unpaired) electrons. The van der Waals surface area contributed by atoms with E-state index in [2.05, 4.69) is 15.1 Å². The smallest absolute Gasteiger partial charge is 0.250 e. The second-order valence-corrected chi connectivity index (χ2v) is 9.84. The lowest BCUT2D eigenvalue weighted by atomic mass is 10.2. The molecule has 0 spiro atoms. The molecular formula is C30H25ClN4O2S. The molecule has 5 aromatic rings. The Morgan fingerprint density at radius 1 is 0.974 bits per heavy atom. The van der Waals surface area contributed by atoms with Gasteiger partial charge >= 0.3 is 0 Å². The molecule has 1 N–H and O–H groups in total. The predicted octanol–water partition coefficient (Wildman–Crippen LogP) is 6.56. The van der Waals surface area contributed by atoms with Gasteiger partial charge < -0.3 is 9.30 Å². The molecule has 1 aromatic heterocycles. The molecule has 0 aliphatic rings. The minimum absolute atomic E-state index is 0.170. The van der Waals surface area contributed by atoms with Gasteiger partial charge in [0.25, 0.3) is 5.91 Å². The number of thioether (sulfide) groups is 1. The second-order valence-electron chi connectivity index (χ2n) is 8.49. The first kappa shape index (κ1) is 25.6. The van der Waals surface area contributed by atoms with Crippen LogP contribution < -0.4 is 10.2 Å². The fraction of sp³-hybridized carbons (Fsp3) is 0.100. The van der Waals surface area contributed by atoms with E-state index in [1.54, 1.807) is 6.21 Å². The summed E-state index contributed by atoms with van der Waals surface area (Å²) in [5.41, 5.74) is 7.37. The van der Waals surface area contributed by atoms with E-state index in [4.69, 9.17) is 21.3 Å². The van der Waals surface area contributed by atoms with Gasteiger partial charge in [0.15, 0.2) is 5.16 Å². The third-order valence-corrected chi connectivity index (χ3v) is 7.09. The predicted molar refractivity (Wildman–Crippen MR) is 154 cm³/mol. The summed E-state index contributed by atoms with van der Waals surface area (Å²) in [5.74, 6) is 0.680. The van der Waals surface area contributed by atoms with Crippen molar-refractivity contribution in [2.45, 2.75) is 18.3 Å². The van der Waals surface area contributed by atoms with Crippen LogP contribution in [-0.2, 0) is 17.9 Å². The van der Waals surface area contributed by atoms with Crippen molar-refractivity contribution in [2.24, 2.45) is 5.10 Å². The van der Waals surface area contributed by atoms with Crippen LogP contribution in [0.2, 0.25) is 5.02 Å². The number of halogens is 1. The molecule has 0 bridgehead atoms. The van der Waals surface area contributed by atoms with Crippen molar-refractivity contribution in [3.05, 3.63) is 125 Å². The number of para-hydroxylation sites is 2. The molecule has 0 atom stereocenters. The standard InChI is InChI=1S/C30H25ClN4O2S/c31-26-14-5-4-12-24(26)19-35-28-16-7-6-15-27(28)33-30(35)38-21-29(36)34-32-18-23-11-8-13-25(17-23)37-20-22-9-2-1-3-10-22/h1-18H,19-21H2,(H,34,36)/b32-18-. The Balaban J connectivity index is 1.19. The average molecular weight is 541 g/mol. The van der Waals surface area contributed by atoms with Gasteiger partial charge in [0.05, 0.1) is 29.5 Å². The van der Waals surface area contributed by atoms with Crippen LogP contribution >= 0.6 is 23.4 Å². The second kappa shape index (κ2) is 12.4. The number of carbonyl (C=O) groups excluding carboxylic acids is 1. The van der Waals surface area contributed by atoms with Crippen molar-refractivity contribution in [1.82, 2.24) is 15.0 Å². The topological polar surface area (TPSA) is 68.5 Å². The summed E-state index contributed by atoms with van der Waals surface area (Å²) >= 11 is 7.77. The number of nitrogens with one attached hydrogen (secondary N) is 1. The van der Waals surface area contributed by atoms with Crippen LogP contribution in [0.25, 0.3) is 11.0 Å². The summed E-state index contributed by atoms with van der Waals surface area (Å²) in [5, 5.41) is 5.56. The van der Waals surface area contributed by atoms with Gasteiger partial charge in [-0.05, 0) is 47.0 Å². The zero-order chi connectivity index (χ0) is 26.2. The molecule has 8 heteroatoms. The van der Waals surface area contributed by atoms with Gasteiger partial charge in [-0.2, -0.15) is 5.10 Å². The fourth-order valence-electron chi connectivity index (χ4n) is 3.88. The first-order valence-electron chi connectivity index (χ1n) is 12.1. The maximum atomic E-state index is 12.5. The summed E-state index contributed by atoms with van der Waals surface area (Å²) in [7, 11) is 0. The van der Waals surface area contributed by atoms with E-state index >= 15 is 0 Å². The SMILES string of the molecule is O=C(CSc1nc2ccccc2n1Cc1ccccc1Cl)N/N=C\c1cccc(OCc2ccccc2)c1. The molecule has 0 aliphatic carbocycles. The van der Waals surface area contributed by atoms with Gasteiger partial charge in [0, 0.05) is 5.02 Å². The molecule has 5 rings (SSSR count). The number of carbonyl (C=O) groups is 1. The van der Waals surface area contributed by atoms with Crippen molar-refractivity contribution in [2.75, 3.05) is 5.75 Å². The third kappa shape index (κ3) is 6.62. The van der Waals surface area contributed by atoms with Gasteiger partial charge in [-0.3, -0.25) is 4.79 Å². The highest BCUT2D eigenvalue weighted by atomic mass is 35.5. The number of ether oxygens (including phenoxy) is 1. The highest BCUT2D eigenvalue weighted by Crippen LogP contribution is 2.27. The molecule has 190 valence electrons. The van der Waals surface area contributed by atoms with Crippen LogP contribution in [0.5, 0.6) is 5.75 Å². The normalized spacial score (nSPS) is 11.2. The minimum Gasteiger partial charge on any atom is -0.489 e. The van der Waals surface area contributed by atoms with Crippen LogP contribution in [0.4, 0.5) is 0 Å². The summed E-state index contributed by atoms with van der Waals surface area (Å²) in [4.78, 5) is 17.3. The van der Waals surface area contributed by atoms with Crippen LogP contribution in [0.15, 0.2) is 113 Å². The molecule has 0 fully saturated rings. The molecule has 0 saturated heterocycles. The number of imidazole rings is 1. The summed E-state index contributed by atoms with van der Waals surface area (Å²) in [6.07, 6.45) is 1.60. The van der Waals surface area contributed by atoms with Crippen LogP contribution in [0.1, 0.15) is 16.7 Å². The van der Waals surface area contributed by atoms with Crippen LogP contribution in [0, 0.1) is 0 Å². The lowest BCUT2D eigenvalue weighted by Crippen LogP contribution is -2.20. The number of fused-ring (bicyclic) bond motifs is 1. The average Bonchev–Trinajstić information content (AvgIpc) is 3.30. The van der Waals surface area contributed by atoms with E-state index < -0.39 is 0 Å². The number of benzene rings is 4. The first-order chi connectivity index (χ1) is 18.7. The van der Waals surface area contributed by atoms with E-state index in [1.807, 2.05) is 103 Å². The minimum atomic E-state index is -0.223. The highest BCUT2D eigenvalue weighted by Gasteiger charge is 2.14. The number of amides is 1. The zero-order valence-corrected chi connectivity index (χ0v) is 22.0. The van der Waals surface area contributed by atoms with Gasteiger partial charge in [-0.25, -0.2) is 10.4 Å². The Kier molecular flexibility index (Phi) is 8.38. The Hall–Kier alpha value is -4.07. The number of nitrogens with zero attached hydrogens (tertiary/aromatic N) is 3. The molecule has 0 saturated carbocycles. The van der Waals surface area contributed by atoms with Crippen molar-refractivity contribution >= 4 is 46.5 Å². The highest BCUT2D eigenvalue weighted by molar-refractivity contribution is 7.99. The van der Waals surface area contributed by atoms with Crippen molar-refractivity contribution < 1.29 is 9.53 Å². The van der Waals surface area contributed by atoms with E-state index in [0.717, 1.165) is 38.6 Å². The molecular weight excluding hydrogens is 516 g/mol. The van der Waals surface area contributed by atoms with Crippen molar-refractivity contribution in [1.29, 1.82) is 0 Å². The largest absolute Gasteiger partial charge is 0.489 e. The first-order valence-corrected chi connectivity index (χ1v) is 13.4. The van der Waals surface area contributed by atoms with E-state index in [9.17, 15) is 4.79 Å². The fourth-order valence-corrected chi connectivity index (χ4v) is 4.88. The molecule has 1 heterocycles. The van der Waals surface area contributed by atoms with E-state index in [1.165, 1.54) is 11.8 Å². The Labute approximate surface area is 230 Å². The number of aromatic nitrogens is 2. The molecule has 4 aromatic carbocycles. The summed E-state index contributed by atoms with van der Waals surface area (Å²) < 4.78 is 7.95. The van der Waals surface area contributed by atoms with Gasteiger partial charge in [0.2, 0.25) is 0 Å². The molecule has 6 nitrogen and oxygen atoms in total. The van der Waals surface area contributed by atoms with Crippen molar-refractivity contribution in [3.8, 4) is 5.75 Å². The van der Waals surface area contributed by atoms with E-state index in [-0.39, 0.29) is 11.7 Å². The molecule has 0 unspecified atom stereocenters. The van der Waals surface area contributed by atoms with Gasteiger partial charge in [-0.15, -0.1) is 0 Å².